The predicted octanol–water partition coefficient (Wildman–Crippen LogP) is 1.94. The molecule has 0 unspecified atom stereocenters. The van der Waals surface area contributed by atoms with Gasteiger partial charge in [0.2, 0.25) is 5.91 Å². The summed E-state index contributed by atoms with van der Waals surface area (Å²) in [6, 6.07) is 3.78. The monoisotopic (exact) mass is 407 g/mol. The van der Waals surface area contributed by atoms with Gasteiger partial charge in [0.25, 0.3) is 5.91 Å². The SMILES string of the molecule is O=C(NC[C@H]1CN(C2CCN(C3CCC3)CC2)C(=O)CO1)c1ccc(F)cc1F. The molecule has 29 heavy (non-hydrogen) atoms. The number of halogens is 2. The van der Waals surface area contributed by atoms with Crippen molar-refractivity contribution in [3.63, 3.8) is 0 Å². The molecule has 0 bridgehead atoms. The minimum absolute atomic E-state index is 0.00567. The van der Waals surface area contributed by atoms with Crippen molar-refractivity contribution in [1.29, 1.82) is 0 Å². The number of ether oxygens (including phenoxy) is 1. The van der Waals surface area contributed by atoms with E-state index in [1.807, 2.05) is 4.90 Å². The number of hydrogen-bond acceptors (Lipinski definition) is 4. The van der Waals surface area contributed by atoms with Gasteiger partial charge in [-0.3, -0.25) is 9.59 Å². The number of nitrogens with one attached hydrogen (secondary N) is 1. The second kappa shape index (κ2) is 8.75. The number of carbonyl (C=O) groups is 2. The lowest BCUT2D eigenvalue weighted by molar-refractivity contribution is -0.153. The van der Waals surface area contributed by atoms with E-state index < -0.39 is 17.5 Å². The lowest BCUT2D eigenvalue weighted by Gasteiger charge is -2.45. The lowest BCUT2D eigenvalue weighted by atomic mass is 9.89. The van der Waals surface area contributed by atoms with E-state index in [0.717, 1.165) is 44.1 Å². The Kier molecular flexibility index (Phi) is 6.10. The minimum Gasteiger partial charge on any atom is -0.365 e. The molecular formula is C21H27F2N3O3. The number of nitrogens with zero attached hydrogens (tertiary/aromatic N) is 2. The van der Waals surface area contributed by atoms with E-state index in [4.69, 9.17) is 4.74 Å². The number of piperidine rings is 1. The van der Waals surface area contributed by atoms with E-state index >= 15 is 0 Å². The van der Waals surface area contributed by atoms with Crippen LogP contribution >= 0.6 is 0 Å². The normalized spacial score (nSPS) is 24.4. The lowest BCUT2D eigenvalue weighted by Crippen LogP contribution is -2.57. The summed E-state index contributed by atoms with van der Waals surface area (Å²) in [6.07, 6.45) is 5.48. The van der Waals surface area contributed by atoms with Gasteiger partial charge in [0.05, 0.1) is 11.7 Å². The number of likely N-dealkylation sites (tertiary alicyclic amines) is 1. The Bertz CT molecular complexity index is 764. The summed E-state index contributed by atoms with van der Waals surface area (Å²) >= 11 is 0. The molecule has 1 atom stereocenters. The van der Waals surface area contributed by atoms with Crippen LogP contribution in [0.3, 0.4) is 0 Å². The molecule has 2 saturated heterocycles. The van der Waals surface area contributed by atoms with E-state index in [1.54, 1.807) is 0 Å². The van der Waals surface area contributed by atoms with Crippen LogP contribution in [0.15, 0.2) is 18.2 Å². The van der Waals surface area contributed by atoms with Crippen LogP contribution in [0.1, 0.15) is 42.5 Å². The van der Waals surface area contributed by atoms with Crippen molar-refractivity contribution in [3.05, 3.63) is 35.4 Å². The average molecular weight is 407 g/mol. The zero-order valence-electron chi connectivity index (χ0n) is 16.4. The van der Waals surface area contributed by atoms with E-state index in [0.29, 0.717) is 12.6 Å². The number of morpholine rings is 1. The molecule has 1 aromatic rings. The molecule has 1 aliphatic carbocycles. The van der Waals surface area contributed by atoms with Gasteiger partial charge < -0.3 is 19.9 Å². The molecule has 3 aliphatic rings. The maximum Gasteiger partial charge on any atom is 0.254 e. The van der Waals surface area contributed by atoms with Crippen LogP contribution in [0, 0.1) is 11.6 Å². The molecule has 2 amide bonds. The molecule has 1 aromatic carbocycles. The summed E-state index contributed by atoms with van der Waals surface area (Å²) in [5.74, 6) is -2.27. The first-order chi connectivity index (χ1) is 14.0. The van der Waals surface area contributed by atoms with Gasteiger partial charge in [-0.25, -0.2) is 8.78 Å². The summed E-state index contributed by atoms with van der Waals surface area (Å²) in [6.45, 7) is 2.62. The van der Waals surface area contributed by atoms with Crippen molar-refractivity contribution in [2.75, 3.05) is 32.8 Å². The highest BCUT2D eigenvalue weighted by Crippen LogP contribution is 2.29. The van der Waals surface area contributed by atoms with E-state index in [1.165, 1.54) is 19.3 Å². The Morgan fingerprint density at radius 3 is 2.55 bits per heavy atom. The summed E-state index contributed by atoms with van der Waals surface area (Å²) in [4.78, 5) is 29.0. The first-order valence-corrected chi connectivity index (χ1v) is 10.4. The summed E-state index contributed by atoms with van der Waals surface area (Å²) in [7, 11) is 0. The van der Waals surface area contributed by atoms with Crippen molar-refractivity contribution >= 4 is 11.8 Å². The van der Waals surface area contributed by atoms with Crippen molar-refractivity contribution in [1.82, 2.24) is 15.1 Å². The van der Waals surface area contributed by atoms with Crippen LogP contribution in [-0.4, -0.2) is 72.6 Å². The van der Waals surface area contributed by atoms with Gasteiger partial charge in [0.15, 0.2) is 0 Å². The fraction of sp³-hybridized carbons (Fsp3) is 0.619. The van der Waals surface area contributed by atoms with Crippen molar-refractivity contribution in [2.45, 2.75) is 50.3 Å². The number of rotatable bonds is 5. The molecule has 2 aliphatic heterocycles. The van der Waals surface area contributed by atoms with E-state index in [9.17, 15) is 18.4 Å². The first kappa shape index (κ1) is 20.2. The molecule has 158 valence electrons. The molecule has 6 nitrogen and oxygen atoms in total. The standard InChI is InChI=1S/C21H27F2N3O3/c22-14-4-5-18(19(23)10-14)21(28)24-11-17-12-26(20(27)13-29-17)16-6-8-25(9-7-16)15-2-1-3-15/h4-5,10,15-17H,1-3,6-9,11-13H2,(H,24,28)/t17-/m0/s1. The number of benzene rings is 1. The number of hydrogen-bond donors (Lipinski definition) is 1. The average Bonchev–Trinajstić information content (AvgIpc) is 2.66. The number of amides is 2. The van der Waals surface area contributed by atoms with Crippen molar-refractivity contribution < 1.29 is 23.1 Å². The Hall–Kier alpha value is -2.06. The zero-order valence-corrected chi connectivity index (χ0v) is 16.4. The number of carbonyl (C=O) groups excluding carboxylic acids is 2. The van der Waals surface area contributed by atoms with Crippen molar-refractivity contribution in [2.24, 2.45) is 0 Å². The maximum atomic E-state index is 13.8. The third kappa shape index (κ3) is 4.59. The van der Waals surface area contributed by atoms with Gasteiger partial charge in [0.1, 0.15) is 18.2 Å². The largest absolute Gasteiger partial charge is 0.365 e. The zero-order chi connectivity index (χ0) is 20.4. The van der Waals surface area contributed by atoms with Crippen LogP contribution < -0.4 is 5.32 Å². The Balaban J connectivity index is 1.28. The molecule has 4 rings (SSSR count). The summed E-state index contributed by atoms with van der Waals surface area (Å²) in [5, 5.41) is 2.63. The van der Waals surface area contributed by atoms with E-state index in [2.05, 4.69) is 10.2 Å². The highest BCUT2D eigenvalue weighted by Gasteiger charge is 2.35. The highest BCUT2D eigenvalue weighted by atomic mass is 19.1. The molecule has 0 spiro atoms. The Morgan fingerprint density at radius 2 is 1.90 bits per heavy atom. The molecule has 1 N–H and O–H groups in total. The smallest absolute Gasteiger partial charge is 0.254 e. The van der Waals surface area contributed by atoms with Gasteiger partial charge in [0, 0.05) is 44.3 Å². The predicted molar refractivity (Wildman–Crippen MR) is 102 cm³/mol. The summed E-state index contributed by atoms with van der Waals surface area (Å²) in [5.41, 5.74) is -0.210. The van der Waals surface area contributed by atoms with Crippen LogP contribution in [0.4, 0.5) is 8.78 Å². The molecule has 8 heteroatoms. The third-order valence-corrected chi connectivity index (χ3v) is 6.36. The van der Waals surface area contributed by atoms with Gasteiger partial charge >= 0.3 is 0 Å². The van der Waals surface area contributed by atoms with Gasteiger partial charge in [-0.15, -0.1) is 0 Å². The fourth-order valence-electron chi connectivity index (χ4n) is 4.41. The molecule has 2 heterocycles. The second-order valence-electron chi connectivity index (χ2n) is 8.17. The first-order valence-electron chi connectivity index (χ1n) is 10.4. The molecule has 0 radical (unpaired) electrons. The van der Waals surface area contributed by atoms with Crippen LogP contribution in [-0.2, 0) is 9.53 Å². The van der Waals surface area contributed by atoms with Crippen LogP contribution in [0.25, 0.3) is 0 Å². The quantitative estimate of drug-likeness (QED) is 0.811. The van der Waals surface area contributed by atoms with Gasteiger partial charge in [-0.1, -0.05) is 6.42 Å². The highest BCUT2D eigenvalue weighted by molar-refractivity contribution is 5.94. The second-order valence-corrected chi connectivity index (χ2v) is 8.17. The molecule has 3 fully saturated rings. The van der Waals surface area contributed by atoms with Gasteiger partial charge in [-0.2, -0.15) is 0 Å². The summed E-state index contributed by atoms with van der Waals surface area (Å²) < 4.78 is 32.3. The van der Waals surface area contributed by atoms with Crippen molar-refractivity contribution in [3.8, 4) is 0 Å². The maximum absolute atomic E-state index is 13.8. The topological polar surface area (TPSA) is 61.9 Å². The van der Waals surface area contributed by atoms with E-state index in [-0.39, 0.29) is 36.8 Å². The minimum atomic E-state index is -0.901. The molecule has 0 aromatic heterocycles. The Morgan fingerprint density at radius 1 is 1.14 bits per heavy atom. The molecular weight excluding hydrogens is 380 g/mol. The fourth-order valence-corrected chi connectivity index (χ4v) is 4.41. The Labute approximate surface area is 169 Å². The van der Waals surface area contributed by atoms with Crippen LogP contribution in [0.2, 0.25) is 0 Å². The molecule has 1 saturated carbocycles. The third-order valence-electron chi connectivity index (χ3n) is 6.36. The van der Waals surface area contributed by atoms with Gasteiger partial charge in [-0.05, 0) is 37.8 Å². The van der Waals surface area contributed by atoms with Crippen LogP contribution in [0.5, 0.6) is 0 Å².